The standard InChI is InChI=1S/C15H11ClINO/c16-12-5-3-4-11(10-12)8-9-15(19)18-14-7-2-1-6-13(14)17/h1-10H,(H,18,19)/b9-8+. The second kappa shape index (κ2) is 6.73. The molecule has 0 unspecified atom stereocenters. The minimum atomic E-state index is -0.163. The Morgan fingerprint density at radius 1 is 1.16 bits per heavy atom. The molecule has 0 spiro atoms. The van der Waals surface area contributed by atoms with Crippen LogP contribution < -0.4 is 5.32 Å². The van der Waals surface area contributed by atoms with Gasteiger partial charge in [0.25, 0.3) is 0 Å². The van der Waals surface area contributed by atoms with Gasteiger partial charge in [0.15, 0.2) is 0 Å². The van der Waals surface area contributed by atoms with E-state index in [9.17, 15) is 4.79 Å². The predicted molar refractivity (Wildman–Crippen MR) is 88.3 cm³/mol. The molecule has 1 N–H and O–H groups in total. The van der Waals surface area contributed by atoms with Crippen molar-refractivity contribution in [1.29, 1.82) is 0 Å². The monoisotopic (exact) mass is 383 g/mol. The molecule has 0 saturated heterocycles. The first-order valence-corrected chi connectivity index (χ1v) is 7.10. The van der Waals surface area contributed by atoms with Gasteiger partial charge in [-0.1, -0.05) is 35.9 Å². The Labute approximate surface area is 130 Å². The van der Waals surface area contributed by atoms with Gasteiger partial charge in [-0.05, 0) is 58.5 Å². The number of para-hydroxylation sites is 1. The third-order valence-electron chi connectivity index (χ3n) is 2.41. The average molecular weight is 384 g/mol. The van der Waals surface area contributed by atoms with E-state index in [-0.39, 0.29) is 5.91 Å². The third kappa shape index (κ3) is 4.36. The summed E-state index contributed by atoms with van der Waals surface area (Å²) in [5.74, 6) is -0.163. The fourth-order valence-electron chi connectivity index (χ4n) is 1.52. The molecule has 0 atom stereocenters. The van der Waals surface area contributed by atoms with E-state index >= 15 is 0 Å². The summed E-state index contributed by atoms with van der Waals surface area (Å²) in [6.07, 6.45) is 3.23. The Morgan fingerprint density at radius 3 is 2.68 bits per heavy atom. The van der Waals surface area contributed by atoms with Crippen molar-refractivity contribution in [3.8, 4) is 0 Å². The van der Waals surface area contributed by atoms with Gasteiger partial charge >= 0.3 is 0 Å². The van der Waals surface area contributed by atoms with Gasteiger partial charge < -0.3 is 5.32 Å². The van der Waals surface area contributed by atoms with Crippen molar-refractivity contribution in [2.75, 3.05) is 5.32 Å². The van der Waals surface area contributed by atoms with Gasteiger partial charge in [0, 0.05) is 14.7 Å². The lowest BCUT2D eigenvalue weighted by molar-refractivity contribution is -0.111. The number of nitrogens with one attached hydrogen (secondary N) is 1. The normalized spacial score (nSPS) is 10.6. The number of carbonyl (C=O) groups excluding carboxylic acids is 1. The fourth-order valence-corrected chi connectivity index (χ4v) is 2.24. The van der Waals surface area contributed by atoms with Crippen molar-refractivity contribution in [3.05, 3.63) is 68.8 Å². The van der Waals surface area contributed by atoms with Crippen LogP contribution in [0.1, 0.15) is 5.56 Å². The van der Waals surface area contributed by atoms with Gasteiger partial charge in [0.1, 0.15) is 0 Å². The lowest BCUT2D eigenvalue weighted by Gasteiger charge is -2.04. The van der Waals surface area contributed by atoms with Crippen LogP contribution in [0.5, 0.6) is 0 Å². The van der Waals surface area contributed by atoms with Crippen molar-refractivity contribution in [2.45, 2.75) is 0 Å². The first-order chi connectivity index (χ1) is 9.15. The van der Waals surface area contributed by atoms with Gasteiger partial charge in [-0.25, -0.2) is 0 Å². The van der Waals surface area contributed by atoms with E-state index in [1.165, 1.54) is 6.08 Å². The zero-order valence-electron chi connectivity index (χ0n) is 9.94. The highest BCUT2D eigenvalue weighted by atomic mass is 127. The summed E-state index contributed by atoms with van der Waals surface area (Å²) in [5.41, 5.74) is 1.70. The second-order valence-corrected chi connectivity index (χ2v) is 5.46. The van der Waals surface area contributed by atoms with Crippen molar-refractivity contribution in [3.63, 3.8) is 0 Å². The van der Waals surface area contributed by atoms with Crippen LogP contribution in [0, 0.1) is 3.57 Å². The van der Waals surface area contributed by atoms with Gasteiger partial charge in [-0.15, -0.1) is 0 Å². The Balaban J connectivity index is 2.04. The van der Waals surface area contributed by atoms with Crippen LogP contribution in [-0.4, -0.2) is 5.91 Å². The van der Waals surface area contributed by atoms with Crippen LogP contribution in [0.4, 0.5) is 5.69 Å². The summed E-state index contributed by atoms with van der Waals surface area (Å²) in [5, 5.41) is 3.48. The molecule has 0 radical (unpaired) electrons. The highest BCUT2D eigenvalue weighted by Crippen LogP contribution is 2.17. The quantitative estimate of drug-likeness (QED) is 0.609. The van der Waals surface area contributed by atoms with Crippen LogP contribution in [0.3, 0.4) is 0 Å². The van der Waals surface area contributed by atoms with E-state index in [0.29, 0.717) is 5.02 Å². The van der Waals surface area contributed by atoms with Crippen molar-refractivity contribution in [2.24, 2.45) is 0 Å². The van der Waals surface area contributed by atoms with E-state index in [1.807, 2.05) is 36.4 Å². The molecule has 0 saturated carbocycles. The maximum Gasteiger partial charge on any atom is 0.248 e. The SMILES string of the molecule is O=C(/C=C/c1cccc(Cl)c1)Nc1ccccc1I. The molecule has 1 amide bonds. The maximum absolute atomic E-state index is 11.8. The van der Waals surface area contributed by atoms with E-state index in [0.717, 1.165) is 14.8 Å². The predicted octanol–water partition coefficient (Wildman–Crippen LogP) is 4.60. The summed E-state index contributed by atoms with van der Waals surface area (Å²) in [4.78, 5) is 11.8. The Hall–Kier alpha value is -1.33. The van der Waals surface area contributed by atoms with Gasteiger partial charge in [0.2, 0.25) is 5.91 Å². The highest BCUT2D eigenvalue weighted by molar-refractivity contribution is 14.1. The maximum atomic E-state index is 11.8. The van der Waals surface area contributed by atoms with Gasteiger partial charge in [-0.2, -0.15) is 0 Å². The number of anilines is 1. The molecule has 96 valence electrons. The number of hydrogen-bond acceptors (Lipinski definition) is 1. The molecule has 19 heavy (non-hydrogen) atoms. The smallest absolute Gasteiger partial charge is 0.248 e. The zero-order chi connectivity index (χ0) is 13.7. The molecular weight excluding hydrogens is 373 g/mol. The zero-order valence-corrected chi connectivity index (χ0v) is 12.9. The van der Waals surface area contributed by atoms with Crippen LogP contribution in [0.2, 0.25) is 5.02 Å². The molecule has 2 aromatic carbocycles. The summed E-state index contributed by atoms with van der Waals surface area (Å²) in [6, 6.07) is 15.0. The molecule has 2 rings (SSSR count). The van der Waals surface area contributed by atoms with Crippen LogP contribution in [-0.2, 0) is 4.79 Å². The average Bonchev–Trinajstić information content (AvgIpc) is 2.39. The van der Waals surface area contributed by atoms with E-state index in [1.54, 1.807) is 18.2 Å². The molecule has 0 aliphatic carbocycles. The molecule has 0 heterocycles. The number of benzene rings is 2. The number of amides is 1. The topological polar surface area (TPSA) is 29.1 Å². The molecule has 0 aliphatic rings. The van der Waals surface area contributed by atoms with Crippen LogP contribution in [0.15, 0.2) is 54.6 Å². The molecular formula is C15H11ClINO. The van der Waals surface area contributed by atoms with Gasteiger partial charge in [-0.3, -0.25) is 4.79 Å². The summed E-state index contributed by atoms with van der Waals surface area (Å²) < 4.78 is 1.00. The van der Waals surface area contributed by atoms with Crippen LogP contribution in [0.25, 0.3) is 6.08 Å². The van der Waals surface area contributed by atoms with Crippen molar-refractivity contribution >= 4 is 51.9 Å². The summed E-state index contributed by atoms with van der Waals surface area (Å²) in [6.45, 7) is 0. The molecule has 0 bridgehead atoms. The summed E-state index contributed by atoms with van der Waals surface area (Å²) in [7, 11) is 0. The van der Waals surface area contributed by atoms with Crippen molar-refractivity contribution < 1.29 is 4.79 Å². The summed E-state index contributed by atoms with van der Waals surface area (Å²) >= 11 is 8.06. The Kier molecular flexibility index (Phi) is 4.99. The molecule has 4 heteroatoms. The van der Waals surface area contributed by atoms with E-state index in [4.69, 9.17) is 11.6 Å². The Bertz CT molecular complexity index is 625. The molecule has 2 nitrogen and oxygen atoms in total. The number of carbonyl (C=O) groups is 1. The molecule has 0 aliphatic heterocycles. The molecule has 2 aromatic rings. The fraction of sp³-hybridized carbons (Fsp3) is 0. The van der Waals surface area contributed by atoms with E-state index in [2.05, 4.69) is 27.9 Å². The number of hydrogen-bond donors (Lipinski definition) is 1. The van der Waals surface area contributed by atoms with Crippen molar-refractivity contribution in [1.82, 2.24) is 0 Å². The number of rotatable bonds is 3. The minimum Gasteiger partial charge on any atom is -0.322 e. The molecule has 0 fully saturated rings. The minimum absolute atomic E-state index is 0.163. The lowest BCUT2D eigenvalue weighted by Crippen LogP contribution is -2.08. The third-order valence-corrected chi connectivity index (χ3v) is 3.58. The highest BCUT2D eigenvalue weighted by Gasteiger charge is 2.01. The Morgan fingerprint density at radius 2 is 1.95 bits per heavy atom. The molecule has 0 aromatic heterocycles. The van der Waals surface area contributed by atoms with Gasteiger partial charge in [0.05, 0.1) is 5.69 Å². The largest absolute Gasteiger partial charge is 0.322 e. The second-order valence-electron chi connectivity index (χ2n) is 3.86. The number of halogens is 2. The lowest BCUT2D eigenvalue weighted by atomic mass is 10.2. The first-order valence-electron chi connectivity index (χ1n) is 5.64. The first kappa shape index (κ1) is 14.1. The van der Waals surface area contributed by atoms with E-state index < -0.39 is 0 Å². The van der Waals surface area contributed by atoms with Crippen LogP contribution >= 0.6 is 34.2 Å².